The summed E-state index contributed by atoms with van der Waals surface area (Å²) in [5, 5.41) is 18.7. The van der Waals surface area contributed by atoms with Crippen molar-refractivity contribution in [1.29, 1.82) is 0 Å². The van der Waals surface area contributed by atoms with Gasteiger partial charge in [-0.2, -0.15) is 0 Å². The molecule has 0 atom stereocenters. The smallest absolute Gasteiger partial charge is 0.303 e. The molecular formula is C14H17ClO3. The molecule has 1 aromatic carbocycles. The molecule has 0 bridgehead atoms. The molecule has 1 aromatic rings. The van der Waals surface area contributed by atoms with E-state index in [1.165, 1.54) is 0 Å². The second-order valence-electron chi connectivity index (χ2n) is 5.02. The molecule has 0 unspecified atom stereocenters. The normalized spacial score (nSPS) is 23.8. The summed E-state index contributed by atoms with van der Waals surface area (Å²) in [6, 6.07) is 5.10. The van der Waals surface area contributed by atoms with Gasteiger partial charge in [-0.05, 0) is 55.2 Å². The number of carboxylic acid groups (broad SMARTS) is 1. The summed E-state index contributed by atoms with van der Waals surface area (Å²) in [5.74, 6) is 0.169. The Morgan fingerprint density at radius 3 is 2.50 bits per heavy atom. The fourth-order valence-corrected chi connectivity index (χ4v) is 3.10. The first-order valence-corrected chi connectivity index (χ1v) is 6.64. The molecule has 0 aliphatic heterocycles. The SMILES string of the molecule is O=C(O)CC1CCC(c2ccc(O)cc2Cl)CC1. The molecule has 1 aliphatic carbocycles. The van der Waals surface area contributed by atoms with E-state index >= 15 is 0 Å². The van der Waals surface area contributed by atoms with Gasteiger partial charge in [0.15, 0.2) is 0 Å². The minimum Gasteiger partial charge on any atom is -0.508 e. The molecule has 4 heteroatoms. The Hall–Kier alpha value is -1.22. The van der Waals surface area contributed by atoms with Gasteiger partial charge in [0.1, 0.15) is 5.75 Å². The van der Waals surface area contributed by atoms with Crippen molar-refractivity contribution in [3.05, 3.63) is 28.8 Å². The summed E-state index contributed by atoms with van der Waals surface area (Å²) in [7, 11) is 0. The van der Waals surface area contributed by atoms with Gasteiger partial charge in [-0.15, -0.1) is 0 Å². The van der Waals surface area contributed by atoms with Crippen molar-refractivity contribution in [3.8, 4) is 5.75 Å². The van der Waals surface area contributed by atoms with Crippen molar-refractivity contribution in [2.75, 3.05) is 0 Å². The lowest BCUT2D eigenvalue weighted by atomic mass is 9.77. The number of aromatic hydroxyl groups is 1. The highest BCUT2D eigenvalue weighted by molar-refractivity contribution is 6.31. The van der Waals surface area contributed by atoms with Crippen molar-refractivity contribution >= 4 is 17.6 Å². The van der Waals surface area contributed by atoms with Crippen molar-refractivity contribution in [1.82, 2.24) is 0 Å². The Balaban J connectivity index is 1.99. The minimum atomic E-state index is -0.707. The zero-order chi connectivity index (χ0) is 13.1. The Labute approximate surface area is 111 Å². The van der Waals surface area contributed by atoms with Crippen LogP contribution in [0, 0.1) is 5.92 Å². The average molecular weight is 269 g/mol. The van der Waals surface area contributed by atoms with Crippen LogP contribution in [-0.4, -0.2) is 16.2 Å². The molecule has 0 aromatic heterocycles. The van der Waals surface area contributed by atoms with Crippen LogP contribution in [0.15, 0.2) is 18.2 Å². The van der Waals surface area contributed by atoms with Gasteiger partial charge in [0, 0.05) is 11.4 Å². The van der Waals surface area contributed by atoms with Gasteiger partial charge in [0.25, 0.3) is 0 Å². The van der Waals surface area contributed by atoms with Gasteiger partial charge in [-0.25, -0.2) is 0 Å². The van der Waals surface area contributed by atoms with E-state index in [2.05, 4.69) is 0 Å². The summed E-state index contributed by atoms with van der Waals surface area (Å²) in [6.45, 7) is 0. The van der Waals surface area contributed by atoms with Gasteiger partial charge >= 0.3 is 5.97 Å². The van der Waals surface area contributed by atoms with E-state index in [1.54, 1.807) is 12.1 Å². The first-order valence-electron chi connectivity index (χ1n) is 6.26. The lowest BCUT2D eigenvalue weighted by Gasteiger charge is -2.28. The molecule has 0 heterocycles. The summed E-state index contributed by atoms with van der Waals surface area (Å²) in [6.07, 6.45) is 4.10. The van der Waals surface area contributed by atoms with E-state index in [0.717, 1.165) is 31.2 Å². The van der Waals surface area contributed by atoms with Gasteiger partial charge in [0.2, 0.25) is 0 Å². The van der Waals surface area contributed by atoms with E-state index < -0.39 is 5.97 Å². The Bertz CT molecular complexity index is 437. The molecule has 0 spiro atoms. The summed E-state index contributed by atoms with van der Waals surface area (Å²) in [5.41, 5.74) is 1.07. The molecule has 3 nitrogen and oxygen atoms in total. The summed E-state index contributed by atoms with van der Waals surface area (Å²) < 4.78 is 0. The fraction of sp³-hybridized carbons (Fsp3) is 0.500. The van der Waals surface area contributed by atoms with Crippen LogP contribution in [0.2, 0.25) is 5.02 Å². The molecule has 0 saturated heterocycles. The van der Waals surface area contributed by atoms with Gasteiger partial charge in [-0.3, -0.25) is 4.79 Å². The van der Waals surface area contributed by atoms with E-state index in [1.807, 2.05) is 6.07 Å². The third kappa shape index (κ3) is 3.16. The number of halogens is 1. The topological polar surface area (TPSA) is 57.5 Å². The Morgan fingerprint density at radius 2 is 1.94 bits per heavy atom. The van der Waals surface area contributed by atoms with Gasteiger partial charge < -0.3 is 10.2 Å². The Morgan fingerprint density at radius 1 is 1.28 bits per heavy atom. The van der Waals surface area contributed by atoms with E-state index in [-0.39, 0.29) is 12.2 Å². The average Bonchev–Trinajstić information content (AvgIpc) is 2.30. The van der Waals surface area contributed by atoms with E-state index in [4.69, 9.17) is 16.7 Å². The van der Waals surface area contributed by atoms with Gasteiger partial charge in [0.05, 0.1) is 0 Å². The van der Waals surface area contributed by atoms with Crippen molar-refractivity contribution < 1.29 is 15.0 Å². The Kier molecular flexibility index (Phi) is 4.12. The maximum Gasteiger partial charge on any atom is 0.303 e. The number of phenolic OH excluding ortho intramolecular Hbond substituents is 1. The molecule has 0 amide bonds. The molecular weight excluding hydrogens is 252 g/mol. The second-order valence-corrected chi connectivity index (χ2v) is 5.43. The van der Waals surface area contributed by atoms with Crippen LogP contribution in [0.25, 0.3) is 0 Å². The number of benzene rings is 1. The molecule has 2 rings (SSSR count). The highest BCUT2D eigenvalue weighted by atomic mass is 35.5. The first kappa shape index (κ1) is 13.2. The number of hydrogen-bond donors (Lipinski definition) is 2. The van der Waals surface area contributed by atoms with Crippen LogP contribution in [-0.2, 0) is 4.79 Å². The third-order valence-corrected chi connectivity index (χ3v) is 4.06. The second kappa shape index (κ2) is 5.61. The van der Waals surface area contributed by atoms with Crippen molar-refractivity contribution in [3.63, 3.8) is 0 Å². The van der Waals surface area contributed by atoms with Crippen LogP contribution in [0.5, 0.6) is 5.75 Å². The van der Waals surface area contributed by atoms with Crippen LogP contribution >= 0.6 is 11.6 Å². The van der Waals surface area contributed by atoms with Crippen molar-refractivity contribution in [2.24, 2.45) is 5.92 Å². The minimum absolute atomic E-state index is 0.184. The zero-order valence-corrected chi connectivity index (χ0v) is 10.9. The molecule has 98 valence electrons. The molecule has 1 fully saturated rings. The van der Waals surface area contributed by atoms with Crippen LogP contribution in [0.1, 0.15) is 43.6 Å². The maximum absolute atomic E-state index is 10.7. The summed E-state index contributed by atoms with van der Waals surface area (Å²) >= 11 is 6.13. The van der Waals surface area contributed by atoms with E-state index in [0.29, 0.717) is 16.9 Å². The molecule has 1 saturated carbocycles. The number of rotatable bonds is 3. The largest absolute Gasteiger partial charge is 0.508 e. The number of hydrogen-bond acceptors (Lipinski definition) is 2. The van der Waals surface area contributed by atoms with Crippen LogP contribution in [0.4, 0.5) is 0 Å². The molecule has 0 radical (unpaired) electrons. The van der Waals surface area contributed by atoms with Crippen LogP contribution < -0.4 is 0 Å². The standard InChI is InChI=1S/C14H17ClO3/c15-13-8-11(16)5-6-12(13)10-3-1-9(2-4-10)7-14(17)18/h5-6,8-10,16H,1-4,7H2,(H,17,18). The van der Waals surface area contributed by atoms with Gasteiger partial charge in [-0.1, -0.05) is 17.7 Å². The lowest BCUT2D eigenvalue weighted by molar-refractivity contribution is -0.138. The predicted octanol–water partition coefficient (Wildman–Crippen LogP) is 3.79. The zero-order valence-electron chi connectivity index (χ0n) is 10.1. The number of aliphatic carboxylic acids is 1. The number of carboxylic acids is 1. The monoisotopic (exact) mass is 268 g/mol. The molecule has 2 N–H and O–H groups in total. The quantitative estimate of drug-likeness (QED) is 0.877. The highest BCUT2D eigenvalue weighted by Crippen LogP contribution is 2.40. The van der Waals surface area contributed by atoms with Crippen LogP contribution in [0.3, 0.4) is 0 Å². The highest BCUT2D eigenvalue weighted by Gasteiger charge is 2.25. The predicted molar refractivity (Wildman–Crippen MR) is 70.1 cm³/mol. The lowest BCUT2D eigenvalue weighted by Crippen LogP contribution is -2.16. The molecule has 18 heavy (non-hydrogen) atoms. The maximum atomic E-state index is 10.7. The summed E-state index contributed by atoms with van der Waals surface area (Å²) in [4.78, 5) is 10.7. The number of carbonyl (C=O) groups is 1. The van der Waals surface area contributed by atoms with E-state index in [9.17, 15) is 9.90 Å². The molecule has 1 aliphatic rings. The van der Waals surface area contributed by atoms with Crippen molar-refractivity contribution in [2.45, 2.75) is 38.0 Å². The third-order valence-electron chi connectivity index (χ3n) is 3.73. The first-order chi connectivity index (χ1) is 8.56. The number of phenols is 1. The fourth-order valence-electron chi connectivity index (χ4n) is 2.77.